The first-order valence-electron chi connectivity index (χ1n) is 21.0. The lowest BCUT2D eigenvalue weighted by Gasteiger charge is -2.42. The number of hydrogen-bond acceptors (Lipinski definition) is 2. The van der Waals surface area contributed by atoms with Gasteiger partial charge in [-0.3, -0.25) is 0 Å². The third-order valence-corrected chi connectivity index (χ3v) is 11.6. The van der Waals surface area contributed by atoms with E-state index >= 15 is 0 Å². The Morgan fingerprint density at radius 3 is 1.95 bits per heavy atom. The molecule has 0 amide bonds. The number of nitrogens with zero attached hydrogens (tertiary/aromatic N) is 2. The van der Waals surface area contributed by atoms with Crippen LogP contribution < -0.4 is 4.90 Å². The minimum atomic E-state index is -4.99. The lowest BCUT2D eigenvalue weighted by atomic mass is 9.73. The van der Waals surface area contributed by atoms with E-state index in [1.807, 2.05) is 50.3 Å². The lowest BCUT2D eigenvalue weighted by Crippen LogP contribution is -2.37. The number of pyridine rings is 1. The van der Waals surface area contributed by atoms with Crippen molar-refractivity contribution < 1.29 is 26.3 Å². The van der Waals surface area contributed by atoms with E-state index in [0.717, 1.165) is 42.7 Å². The fraction of sp³-hybridized carbons (Fsp3) is 0.377. The molecule has 0 saturated carbocycles. The van der Waals surface area contributed by atoms with Crippen molar-refractivity contribution in [2.24, 2.45) is 5.41 Å². The summed E-state index contributed by atoms with van der Waals surface area (Å²) in [6, 6.07) is 13.0. The number of fused-ring (bicyclic) bond motifs is 2. The molecule has 0 radical (unpaired) electrons. The first kappa shape index (κ1) is 48.6. The Kier molecular flexibility index (Phi) is 15.0. The van der Waals surface area contributed by atoms with Gasteiger partial charge in [0, 0.05) is 24.7 Å². The molecule has 2 heterocycles. The van der Waals surface area contributed by atoms with Gasteiger partial charge in [-0.2, -0.15) is 26.3 Å². The number of rotatable bonds is 10. The Morgan fingerprint density at radius 1 is 0.787 bits per heavy atom. The third-order valence-electron chi connectivity index (χ3n) is 11.6. The molecular formula is C53H62F6N2. The largest absolute Gasteiger partial charge is 0.416 e. The number of hydrogen-bond donors (Lipinski definition) is 0. The zero-order valence-electron chi connectivity index (χ0n) is 37.9. The molecule has 61 heavy (non-hydrogen) atoms. The maximum Gasteiger partial charge on any atom is 0.416 e. The van der Waals surface area contributed by atoms with Crippen LogP contribution in [0.5, 0.6) is 0 Å². The van der Waals surface area contributed by atoms with Gasteiger partial charge in [0.2, 0.25) is 0 Å². The molecule has 1 aliphatic rings. The zero-order valence-corrected chi connectivity index (χ0v) is 37.9. The van der Waals surface area contributed by atoms with Gasteiger partial charge in [-0.25, -0.2) is 4.98 Å². The molecular weight excluding hydrogens is 779 g/mol. The van der Waals surface area contributed by atoms with Crippen molar-refractivity contribution in [2.45, 2.75) is 112 Å². The second kappa shape index (κ2) is 18.9. The number of benzene rings is 3. The van der Waals surface area contributed by atoms with Gasteiger partial charge in [0.1, 0.15) is 0 Å². The molecule has 3 aromatic carbocycles. The maximum absolute atomic E-state index is 14.0. The first-order chi connectivity index (χ1) is 28.3. The van der Waals surface area contributed by atoms with Gasteiger partial charge in [0.15, 0.2) is 0 Å². The summed E-state index contributed by atoms with van der Waals surface area (Å²) < 4.78 is 84.2. The molecule has 1 aliphatic heterocycles. The number of aromatic nitrogens is 1. The van der Waals surface area contributed by atoms with E-state index in [1.165, 1.54) is 28.5 Å². The molecule has 5 rings (SSSR count). The van der Waals surface area contributed by atoms with Crippen molar-refractivity contribution in [1.82, 2.24) is 4.98 Å². The van der Waals surface area contributed by atoms with Crippen molar-refractivity contribution >= 4 is 34.8 Å². The molecule has 0 saturated heterocycles. The second-order valence-corrected chi connectivity index (χ2v) is 18.0. The lowest BCUT2D eigenvalue weighted by molar-refractivity contribution is -0.143. The molecule has 0 bridgehead atoms. The quantitative estimate of drug-likeness (QED) is 0.117. The summed E-state index contributed by atoms with van der Waals surface area (Å²) >= 11 is 0. The van der Waals surface area contributed by atoms with Gasteiger partial charge in [-0.1, -0.05) is 136 Å². The molecule has 0 atom stereocenters. The predicted octanol–water partition coefficient (Wildman–Crippen LogP) is 16.6. The highest BCUT2D eigenvalue weighted by molar-refractivity contribution is 5.97. The summed E-state index contributed by atoms with van der Waals surface area (Å²) in [6.45, 7) is 28.9. The van der Waals surface area contributed by atoms with Crippen molar-refractivity contribution in [2.75, 3.05) is 18.5 Å². The van der Waals surface area contributed by atoms with Gasteiger partial charge in [-0.15, -0.1) is 0 Å². The summed E-state index contributed by atoms with van der Waals surface area (Å²) in [4.78, 5) is 7.08. The average molecular weight is 841 g/mol. The molecule has 0 N–H and O–H groups in total. The normalized spacial score (nSPS) is 15.3. The standard InChI is InChI=1S/C51H56F6N2.C2H6/c1-12-48(7,8)34(3)25-33(2)17-13-16-20-40-32-41(37-29-38(50(52,53)54)31-39(30-37)51(55,56)57)42-26-35(21-22-45(42)58-40)18-14-15-19-36-27-43(47(4,5)6)46-44(28-36)49(9,10)23-24-59(46)11;1-2/h13-22,25-32H,2,12,23-24H2,1,3-11H3;1-2H3/b17-13+,18-14+,19-15+,20-16+,34-25+;. The van der Waals surface area contributed by atoms with Crippen LogP contribution in [-0.4, -0.2) is 18.6 Å². The van der Waals surface area contributed by atoms with Gasteiger partial charge in [-0.05, 0) is 130 Å². The Hall–Kier alpha value is -5.11. The molecule has 4 aromatic rings. The fourth-order valence-electron chi connectivity index (χ4n) is 7.21. The van der Waals surface area contributed by atoms with Crippen LogP contribution in [0.1, 0.15) is 128 Å². The summed E-state index contributed by atoms with van der Waals surface area (Å²) in [6.07, 6.45) is 8.78. The van der Waals surface area contributed by atoms with E-state index in [-0.39, 0.29) is 33.4 Å². The summed E-state index contributed by atoms with van der Waals surface area (Å²) in [5, 5.41) is 0.416. The molecule has 326 valence electrons. The predicted molar refractivity (Wildman–Crippen MR) is 248 cm³/mol. The minimum Gasteiger partial charge on any atom is -0.374 e. The topological polar surface area (TPSA) is 16.1 Å². The van der Waals surface area contributed by atoms with Crippen LogP contribution in [0.15, 0.2) is 109 Å². The number of allylic oxidation sites excluding steroid dienone is 8. The van der Waals surface area contributed by atoms with Crippen molar-refractivity contribution in [1.29, 1.82) is 0 Å². The number of alkyl halides is 6. The van der Waals surface area contributed by atoms with Gasteiger partial charge in [0.05, 0.1) is 22.3 Å². The van der Waals surface area contributed by atoms with Gasteiger partial charge < -0.3 is 4.90 Å². The van der Waals surface area contributed by atoms with Crippen LogP contribution in [0.3, 0.4) is 0 Å². The van der Waals surface area contributed by atoms with E-state index < -0.39 is 23.5 Å². The monoisotopic (exact) mass is 840 g/mol. The Labute approximate surface area is 360 Å². The van der Waals surface area contributed by atoms with Crippen LogP contribution >= 0.6 is 0 Å². The van der Waals surface area contributed by atoms with E-state index in [9.17, 15) is 26.3 Å². The minimum absolute atomic E-state index is 0.0165. The molecule has 0 unspecified atom stereocenters. The van der Waals surface area contributed by atoms with Crippen LogP contribution in [0.2, 0.25) is 0 Å². The Morgan fingerprint density at radius 2 is 1.38 bits per heavy atom. The second-order valence-electron chi connectivity index (χ2n) is 18.0. The van der Waals surface area contributed by atoms with Crippen LogP contribution in [-0.2, 0) is 23.2 Å². The molecule has 0 aliphatic carbocycles. The third kappa shape index (κ3) is 12.0. The van der Waals surface area contributed by atoms with Gasteiger partial charge in [0.25, 0.3) is 0 Å². The fourth-order valence-corrected chi connectivity index (χ4v) is 7.21. The molecule has 0 fully saturated rings. The van der Waals surface area contributed by atoms with E-state index in [1.54, 1.807) is 30.4 Å². The highest BCUT2D eigenvalue weighted by Crippen LogP contribution is 2.46. The molecule has 1 aromatic heterocycles. The van der Waals surface area contributed by atoms with E-state index in [4.69, 9.17) is 4.98 Å². The highest BCUT2D eigenvalue weighted by atomic mass is 19.4. The maximum atomic E-state index is 14.0. The van der Waals surface area contributed by atoms with Crippen molar-refractivity contribution in [3.05, 3.63) is 148 Å². The van der Waals surface area contributed by atoms with E-state index in [0.29, 0.717) is 22.2 Å². The van der Waals surface area contributed by atoms with Crippen molar-refractivity contribution in [3.8, 4) is 11.1 Å². The summed E-state index contributed by atoms with van der Waals surface area (Å²) in [7, 11) is 2.15. The van der Waals surface area contributed by atoms with Crippen LogP contribution in [0.25, 0.3) is 40.3 Å². The van der Waals surface area contributed by atoms with Crippen LogP contribution in [0.4, 0.5) is 32.0 Å². The molecule has 8 heteroatoms. The molecule has 0 spiro atoms. The summed E-state index contributed by atoms with van der Waals surface area (Å²) in [5.41, 5.74) is 5.61. The van der Waals surface area contributed by atoms with Gasteiger partial charge >= 0.3 is 12.4 Å². The smallest absolute Gasteiger partial charge is 0.374 e. The first-order valence-corrected chi connectivity index (χ1v) is 21.0. The summed E-state index contributed by atoms with van der Waals surface area (Å²) in [5.74, 6) is 0. The number of halogens is 6. The molecule has 2 nitrogen and oxygen atoms in total. The van der Waals surface area contributed by atoms with Crippen LogP contribution in [0, 0.1) is 5.41 Å². The average Bonchev–Trinajstić information content (AvgIpc) is 3.18. The Balaban J connectivity index is 0.00000403. The zero-order chi connectivity index (χ0) is 45.7. The van der Waals surface area contributed by atoms with E-state index in [2.05, 4.69) is 99.0 Å². The number of anilines is 1. The highest BCUT2D eigenvalue weighted by Gasteiger charge is 2.37. The SMILES string of the molecule is C=C(/C=C/C=C/c1cc(-c2cc(C(F)(F)F)cc(C(F)(F)F)c2)c2cc(/C=C/C=C/c3cc(C(C)(C)C)c4c(c3)C(C)(C)CCN4C)ccc2n1)/C=C(\C)C(C)(C)CC.CC. The Bertz CT molecular complexity index is 2320. The van der Waals surface area contributed by atoms with Crippen molar-refractivity contribution in [3.63, 3.8) is 0 Å².